The third-order valence-electron chi connectivity index (χ3n) is 8.23. The van der Waals surface area contributed by atoms with Crippen molar-refractivity contribution in [2.24, 2.45) is 0 Å². The smallest absolute Gasteiger partial charge is 0.336 e. The first-order valence-electron chi connectivity index (χ1n) is 15.7. The lowest BCUT2D eigenvalue weighted by Crippen LogP contribution is -2.42. The van der Waals surface area contributed by atoms with E-state index >= 15 is 4.39 Å². The SMILES string of the molecule is COCCOc1cccc(C(CC(=O)O)CN2CC[C@@](F)(CCc3ccc4c(n3)NCCC4)C2)c1.O=C(O)CC(O)(CC(=O)O)C(=O)O. The number of benzene rings is 1. The molecule has 0 aliphatic carbocycles. The second-order valence-electron chi connectivity index (χ2n) is 12.2. The number of aliphatic hydroxyl groups is 1. The van der Waals surface area contributed by atoms with Crippen LogP contribution < -0.4 is 10.1 Å². The summed E-state index contributed by atoms with van der Waals surface area (Å²) < 4.78 is 26.4. The van der Waals surface area contributed by atoms with Crippen molar-refractivity contribution in [1.82, 2.24) is 9.88 Å². The number of halogens is 1. The number of aromatic nitrogens is 1. The number of anilines is 1. The first-order chi connectivity index (χ1) is 22.7. The molecule has 1 aromatic carbocycles. The maximum absolute atomic E-state index is 15.7. The van der Waals surface area contributed by atoms with Crippen LogP contribution in [-0.2, 0) is 36.8 Å². The van der Waals surface area contributed by atoms with Gasteiger partial charge in [0, 0.05) is 44.9 Å². The molecule has 0 bridgehead atoms. The number of pyridine rings is 1. The van der Waals surface area contributed by atoms with Gasteiger partial charge in [-0.05, 0) is 61.4 Å². The Morgan fingerprint density at radius 2 is 1.79 bits per heavy atom. The lowest BCUT2D eigenvalue weighted by molar-refractivity contribution is -0.170. The van der Waals surface area contributed by atoms with E-state index < -0.39 is 48.0 Å². The molecule has 0 spiro atoms. The highest BCUT2D eigenvalue weighted by Crippen LogP contribution is 2.34. The third-order valence-corrected chi connectivity index (χ3v) is 8.23. The number of likely N-dealkylation sites (tertiary alicyclic amines) is 1. The molecule has 15 heteroatoms. The fourth-order valence-electron chi connectivity index (χ4n) is 5.76. The van der Waals surface area contributed by atoms with Crippen LogP contribution in [0.15, 0.2) is 36.4 Å². The average molecular weight is 678 g/mol. The lowest BCUT2D eigenvalue weighted by atomic mass is 9.94. The monoisotopic (exact) mass is 677 g/mol. The van der Waals surface area contributed by atoms with Crippen LogP contribution in [0.25, 0.3) is 0 Å². The van der Waals surface area contributed by atoms with Gasteiger partial charge < -0.3 is 40.3 Å². The number of nitrogens with zero attached hydrogens (tertiary/aromatic N) is 2. The predicted molar refractivity (Wildman–Crippen MR) is 170 cm³/mol. The minimum absolute atomic E-state index is 0.0106. The number of aryl methyl sites for hydroxylation is 2. The van der Waals surface area contributed by atoms with Crippen LogP contribution >= 0.6 is 0 Å². The van der Waals surface area contributed by atoms with Crippen molar-refractivity contribution in [3.8, 4) is 5.75 Å². The zero-order valence-electron chi connectivity index (χ0n) is 26.9. The molecule has 1 aromatic heterocycles. The van der Waals surface area contributed by atoms with Crippen molar-refractivity contribution in [2.75, 3.05) is 51.8 Å². The van der Waals surface area contributed by atoms with E-state index in [0.29, 0.717) is 57.9 Å². The zero-order chi connectivity index (χ0) is 35.3. The van der Waals surface area contributed by atoms with Gasteiger partial charge in [0.05, 0.1) is 25.9 Å². The fourth-order valence-corrected chi connectivity index (χ4v) is 5.76. The second-order valence-corrected chi connectivity index (χ2v) is 12.2. The number of methoxy groups -OCH3 is 1. The van der Waals surface area contributed by atoms with Crippen LogP contribution in [0.2, 0.25) is 0 Å². The summed E-state index contributed by atoms with van der Waals surface area (Å²) in [4.78, 5) is 48.8. The number of fused-ring (bicyclic) bond motifs is 1. The topological polar surface area (TPSA) is 216 Å². The van der Waals surface area contributed by atoms with Crippen LogP contribution in [-0.4, -0.2) is 117 Å². The first-order valence-corrected chi connectivity index (χ1v) is 15.7. The molecule has 1 fully saturated rings. The molecule has 264 valence electrons. The molecule has 0 saturated carbocycles. The molecule has 3 heterocycles. The van der Waals surface area contributed by atoms with E-state index in [-0.39, 0.29) is 12.3 Å². The van der Waals surface area contributed by atoms with Crippen LogP contribution in [0, 0.1) is 0 Å². The minimum Gasteiger partial charge on any atom is -0.491 e. The number of carboxylic acids is 4. The molecule has 4 rings (SSSR count). The van der Waals surface area contributed by atoms with Gasteiger partial charge in [0.1, 0.15) is 23.8 Å². The molecule has 2 aliphatic heterocycles. The predicted octanol–water partition coefficient (Wildman–Crippen LogP) is 2.82. The Kier molecular flexibility index (Phi) is 14.1. The van der Waals surface area contributed by atoms with Gasteiger partial charge in [-0.2, -0.15) is 0 Å². The van der Waals surface area contributed by atoms with E-state index in [4.69, 9.17) is 34.9 Å². The van der Waals surface area contributed by atoms with Crippen molar-refractivity contribution in [1.29, 1.82) is 0 Å². The molecular weight excluding hydrogens is 633 g/mol. The van der Waals surface area contributed by atoms with Crippen LogP contribution in [0.1, 0.15) is 61.3 Å². The van der Waals surface area contributed by atoms with Crippen molar-refractivity contribution in [2.45, 2.75) is 68.6 Å². The van der Waals surface area contributed by atoms with E-state index in [0.717, 1.165) is 36.5 Å². The zero-order valence-corrected chi connectivity index (χ0v) is 26.9. The van der Waals surface area contributed by atoms with Crippen LogP contribution in [0.4, 0.5) is 10.2 Å². The molecule has 14 nitrogen and oxygen atoms in total. The van der Waals surface area contributed by atoms with Gasteiger partial charge in [-0.3, -0.25) is 19.3 Å². The Balaban J connectivity index is 0.000000408. The van der Waals surface area contributed by atoms with E-state index in [9.17, 15) is 24.3 Å². The fraction of sp³-hybridized carbons (Fsp3) is 0.545. The first kappa shape index (κ1) is 38.1. The van der Waals surface area contributed by atoms with E-state index in [2.05, 4.69) is 16.3 Å². The molecule has 0 amide bonds. The molecule has 2 aliphatic rings. The number of hydrogen-bond donors (Lipinski definition) is 6. The maximum Gasteiger partial charge on any atom is 0.336 e. The number of alkyl halides is 1. The Hall–Kier alpha value is -4.34. The summed E-state index contributed by atoms with van der Waals surface area (Å²) in [5, 5.41) is 46.7. The van der Waals surface area contributed by atoms with E-state index in [1.807, 2.05) is 30.3 Å². The number of carboxylic acid groups (broad SMARTS) is 4. The highest BCUT2D eigenvalue weighted by Gasteiger charge is 2.41. The standard InChI is InChI=1S/C27H36FN3O4.C6H8O7/c1-34-14-15-35-24-6-2-4-21(16-24)22(17-25(32)33)18-31-13-11-27(28,19-31)10-9-23-8-7-20-5-3-12-29-26(20)30-23;7-3(8)1-6(13,5(11)12)2-4(9)10/h2,4,6-8,16,22H,3,5,9-15,17-19H2,1H3,(H,29,30)(H,32,33);13H,1-2H2,(H,7,8)(H,9,10)(H,11,12)/t22?,27-;/m0./s1. The van der Waals surface area contributed by atoms with Crippen LogP contribution in [0.3, 0.4) is 0 Å². The third kappa shape index (κ3) is 12.0. The lowest BCUT2D eigenvalue weighted by Gasteiger charge is -2.25. The summed E-state index contributed by atoms with van der Waals surface area (Å²) >= 11 is 0. The van der Waals surface area contributed by atoms with E-state index in [1.165, 1.54) is 5.56 Å². The van der Waals surface area contributed by atoms with E-state index in [1.54, 1.807) is 7.11 Å². The van der Waals surface area contributed by atoms with Crippen molar-refractivity contribution in [3.05, 3.63) is 53.2 Å². The van der Waals surface area contributed by atoms with Gasteiger partial charge in [0.2, 0.25) is 0 Å². The number of aliphatic carboxylic acids is 4. The van der Waals surface area contributed by atoms with Gasteiger partial charge in [-0.15, -0.1) is 0 Å². The minimum atomic E-state index is -2.74. The number of nitrogens with one attached hydrogen (secondary N) is 1. The highest BCUT2D eigenvalue weighted by atomic mass is 19.1. The largest absolute Gasteiger partial charge is 0.491 e. The van der Waals surface area contributed by atoms with Crippen LogP contribution in [0.5, 0.6) is 5.75 Å². The molecule has 2 atom stereocenters. The molecule has 2 aromatic rings. The van der Waals surface area contributed by atoms with Gasteiger partial charge in [0.25, 0.3) is 0 Å². The summed E-state index contributed by atoms with van der Waals surface area (Å²) in [6.07, 6.45) is 1.33. The number of hydrogen-bond acceptors (Lipinski definition) is 10. The normalized spacial score (nSPS) is 18.1. The summed E-state index contributed by atoms with van der Waals surface area (Å²) in [7, 11) is 1.62. The summed E-state index contributed by atoms with van der Waals surface area (Å²) in [5.74, 6) is -4.50. The quantitative estimate of drug-likeness (QED) is 0.133. The summed E-state index contributed by atoms with van der Waals surface area (Å²) in [6.45, 7) is 3.28. The van der Waals surface area contributed by atoms with Crippen molar-refractivity contribution >= 4 is 29.7 Å². The Bertz CT molecular complexity index is 1410. The van der Waals surface area contributed by atoms with Gasteiger partial charge >= 0.3 is 23.9 Å². The molecule has 48 heavy (non-hydrogen) atoms. The Labute approximate surface area is 277 Å². The number of ether oxygens (including phenoxy) is 2. The molecular formula is C33H44FN3O11. The number of rotatable bonds is 17. The molecule has 0 radical (unpaired) electrons. The second kappa shape index (κ2) is 17.7. The molecule has 6 N–H and O–H groups in total. The molecule has 1 unspecified atom stereocenters. The molecule has 1 saturated heterocycles. The van der Waals surface area contributed by atoms with Crippen molar-refractivity contribution in [3.63, 3.8) is 0 Å². The maximum atomic E-state index is 15.7. The van der Waals surface area contributed by atoms with Gasteiger partial charge in [-0.1, -0.05) is 18.2 Å². The highest BCUT2D eigenvalue weighted by molar-refractivity contribution is 5.88. The summed E-state index contributed by atoms with van der Waals surface area (Å²) in [6, 6.07) is 11.7. The number of carbonyl (C=O) groups is 4. The Morgan fingerprint density at radius 3 is 2.44 bits per heavy atom. The van der Waals surface area contributed by atoms with Crippen molar-refractivity contribution < 1.29 is 58.6 Å². The van der Waals surface area contributed by atoms with Gasteiger partial charge in [-0.25, -0.2) is 14.2 Å². The van der Waals surface area contributed by atoms with Gasteiger partial charge in [0.15, 0.2) is 5.60 Å². The Morgan fingerprint density at radius 1 is 1.06 bits per heavy atom. The average Bonchev–Trinajstić information content (AvgIpc) is 3.39. The summed E-state index contributed by atoms with van der Waals surface area (Å²) in [5.41, 5.74) is -0.978.